The van der Waals surface area contributed by atoms with E-state index in [0.29, 0.717) is 19.5 Å². The Morgan fingerprint density at radius 3 is 2.86 bits per heavy atom. The van der Waals surface area contributed by atoms with Gasteiger partial charge in [0.1, 0.15) is 6.04 Å². The van der Waals surface area contributed by atoms with Gasteiger partial charge >= 0.3 is 0 Å². The summed E-state index contributed by atoms with van der Waals surface area (Å²) in [6.45, 7) is 5.17. The molecule has 21 heavy (non-hydrogen) atoms. The average molecular weight is 329 g/mol. The lowest BCUT2D eigenvalue weighted by Gasteiger charge is -2.27. The van der Waals surface area contributed by atoms with E-state index in [0.717, 1.165) is 22.1 Å². The molecule has 1 N–H and O–H groups in total. The molecule has 0 radical (unpaired) electrons. The predicted molar refractivity (Wildman–Crippen MR) is 85.6 cm³/mol. The summed E-state index contributed by atoms with van der Waals surface area (Å²) in [5.41, 5.74) is 0. The molecule has 2 amide bonds. The summed E-state index contributed by atoms with van der Waals surface area (Å²) in [5, 5.41) is 2.86. The quantitative estimate of drug-likeness (QED) is 0.903. The van der Waals surface area contributed by atoms with Crippen molar-refractivity contribution in [1.82, 2.24) is 10.2 Å². The third-order valence-electron chi connectivity index (χ3n) is 3.97. The molecule has 6 heteroatoms. The van der Waals surface area contributed by atoms with Crippen molar-refractivity contribution < 1.29 is 9.59 Å². The van der Waals surface area contributed by atoms with Crippen molar-refractivity contribution in [2.45, 2.75) is 39.2 Å². The molecule has 1 fully saturated rings. The van der Waals surface area contributed by atoms with Crippen LogP contribution in [0.3, 0.4) is 0 Å². The lowest BCUT2D eigenvalue weighted by atomic mass is 9.98. The standard InChI is InChI=1S/C15H21ClN2O2S/c1-3-10(2)14-15(20)18(9-7-13(19)17-14)8-6-11-4-5-12(16)21-11/h4-5,10,14H,3,6-9H2,1-2H3,(H,17,19). The molecule has 0 aromatic carbocycles. The summed E-state index contributed by atoms with van der Waals surface area (Å²) in [7, 11) is 0. The molecule has 2 heterocycles. The number of hydrogen-bond acceptors (Lipinski definition) is 3. The van der Waals surface area contributed by atoms with Gasteiger partial charge in [-0.15, -0.1) is 11.3 Å². The number of amides is 2. The zero-order chi connectivity index (χ0) is 15.4. The molecule has 1 aromatic rings. The van der Waals surface area contributed by atoms with Gasteiger partial charge in [0, 0.05) is 24.4 Å². The van der Waals surface area contributed by atoms with Crippen LogP contribution in [0.25, 0.3) is 0 Å². The van der Waals surface area contributed by atoms with E-state index in [4.69, 9.17) is 11.6 Å². The van der Waals surface area contributed by atoms with E-state index in [1.165, 1.54) is 11.3 Å². The zero-order valence-corrected chi connectivity index (χ0v) is 14.0. The van der Waals surface area contributed by atoms with Crippen molar-refractivity contribution in [1.29, 1.82) is 0 Å². The molecule has 1 aliphatic heterocycles. The fourth-order valence-electron chi connectivity index (χ4n) is 2.43. The van der Waals surface area contributed by atoms with Crippen molar-refractivity contribution in [3.8, 4) is 0 Å². The number of carbonyl (C=O) groups excluding carboxylic acids is 2. The first kappa shape index (κ1) is 16.3. The molecule has 1 aromatic heterocycles. The van der Waals surface area contributed by atoms with Crippen LogP contribution in [0.5, 0.6) is 0 Å². The lowest BCUT2D eigenvalue weighted by Crippen LogP contribution is -2.48. The topological polar surface area (TPSA) is 49.4 Å². The Morgan fingerprint density at radius 1 is 1.48 bits per heavy atom. The monoisotopic (exact) mass is 328 g/mol. The van der Waals surface area contributed by atoms with Gasteiger partial charge in [-0.2, -0.15) is 0 Å². The maximum atomic E-state index is 12.6. The van der Waals surface area contributed by atoms with Crippen LogP contribution in [0.15, 0.2) is 12.1 Å². The van der Waals surface area contributed by atoms with Crippen molar-refractivity contribution in [2.24, 2.45) is 5.92 Å². The highest BCUT2D eigenvalue weighted by atomic mass is 35.5. The minimum Gasteiger partial charge on any atom is -0.344 e. The van der Waals surface area contributed by atoms with Crippen LogP contribution in [0, 0.1) is 5.92 Å². The molecule has 2 unspecified atom stereocenters. The van der Waals surface area contributed by atoms with Gasteiger partial charge in [0.25, 0.3) is 0 Å². The normalized spacial score (nSPS) is 21.1. The van der Waals surface area contributed by atoms with E-state index in [1.54, 1.807) is 0 Å². The third kappa shape index (κ3) is 4.20. The van der Waals surface area contributed by atoms with Gasteiger partial charge in [0.2, 0.25) is 11.8 Å². The van der Waals surface area contributed by atoms with Gasteiger partial charge in [-0.05, 0) is 24.5 Å². The second-order valence-electron chi connectivity index (χ2n) is 5.46. The van der Waals surface area contributed by atoms with E-state index in [9.17, 15) is 9.59 Å². The number of carbonyl (C=O) groups is 2. The minimum atomic E-state index is -0.392. The summed E-state index contributed by atoms with van der Waals surface area (Å²) < 4.78 is 0.765. The van der Waals surface area contributed by atoms with Crippen LogP contribution in [-0.2, 0) is 16.0 Å². The smallest absolute Gasteiger partial charge is 0.245 e. The molecule has 1 saturated heterocycles. The molecule has 116 valence electrons. The molecule has 0 saturated carbocycles. The van der Waals surface area contributed by atoms with Gasteiger partial charge < -0.3 is 10.2 Å². The summed E-state index contributed by atoms with van der Waals surface area (Å²) in [5.74, 6) is 0.159. The summed E-state index contributed by atoms with van der Waals surface area (Å²) >= 11 is 7.46. The van der Waals surface area contributed by atoms with Crippen molar-refractivity contribution in [3.63, 3.8) is 0 Å². The van der Waals surface area contributed by atoms with Crippen LogP contribution in [0.4, 0.5) is 0 Å². The zero-order valence-electron chi connectivity index (χ0n) is 12.4. The molecule has 4 nitrogen and oxygen atoms in total. The maximum Gasteiger partial charge on any atom is 0.245 e. The van der Waals surface area contributed by atoms with Crippen LogP contribution in [0.1, 0.15) is 31.6 Å². The first-order valence-corrected chi connectivity index (χ1v) is 8.53. The molecule has 0 bridgehead atoms. The number of thiophene rings is 1. The Morgan fingerprint density at radius 2 is 2.24 bits per heavy atom. The van der Waals surface area contributed by atoms with Gasteiger partial charge in [0.15, 0.2) is 0 Å². The first-order valence-electron chi connectivity index (χ1n) is 7.33. The Balaban J connectivity index is 2.03. The van der Waals surface area contributed by atoms with E-state index in [-0.39, 0.29) is 17.7 Å². The third-order valence-corrected chi connectivity index (χ3v) is 5.26. The number of hydrogen-bond donors (Lipinski definition) is 1. The van der Waals surface area contributed by atoms with E-state index in [2.05, 4.69) is 5.32 Å². The van der Waals surface area contributed by atoms with E-state index < -0.39 is 6.04 Å². The van der Waals surface area contributed by atoms with Crippen molar-refractivity contribution in [2.75, 3.05) is 13.1 Å². The summed E-state index contributed by atoms with van der Waals surface area (Å²) in [6, 6.07) is 3.47. The number of rotatable bonds is 5. The molecular formula is C15H21ClN2O2S. The average Bonchev–Trinajstić information content (AvgIpc) is 2.82. The summed E-state index contributed by atoms with van der Waals surface area (Å²) in [6.07, 6.45) is 2.03. The Bertz CT molecular complexity index is 518. The first-order chi connectivity index (χ1) is 10.0. The second kappa shape index (κ2) is 7.27. The van der Waals surface area contributed by atoms with Crippen LogP contribution in [-0.4, -0.2) is 35.8 Å². The number of nitrogens with one attached hydrogen (secondary N) is 1. The second-order valence-corrected chi connectivity index (χ2v) is 7.26. The number of halogens is 1. The summed E-state index contributed by atoms with van der Waals surface area (Å²) in [4.78, 5) is 27.4. The Kier molecular flexibility index (Phi) is 5.65. The maximum absolute atomic E-state index is 12.6. The van der Waals surface area contributed by atoms with E-state index >= 15 is 0 Å². The molecule has 1 aliphatic rings. The van der Waals surface area contributed by atoms with Gasteiger partial charge in [0.05, 0.1) is 4.34 Å². The van der Waals surface area contributed by atoms with Crippen molar-refractivity contribution >= 4 is 34.8 Å². The highest BCUT2D eigenvalue weighted by molar-refractivity contribution is 7.16. The molecular weight excluding hydrogens is 308 g/mol. The van der Waals surface area contributed by atoms with Crippen LogP contribution < -0.4 is 5.32 Å². The molecule has 0 spiro atoms. The SMILES string of the molecule is CCC(C)C1NC(=O)CCN(CCc2ccc(Cl)s2)C1=O. The van der Waals surface area contributed by atoms with Gasteiger partial charge in [-0.3, -0.25) is 9.59 Å². The van der Waals surface area contributed by atoms with Crippen LogP contribution in [0.2, 0.25) is 4.34 Å². The molecule has 0 aliphatic carbocycles. The Labute approximate surface area is 134 Å². The van der Waals surface area contributed by atoms with E-state index in [1.807, 2.05) is 30.9 Å². The minimum absolute atomic E-state index is 0.0321. The number of nitrogens with zero attached hydrogens (tertiary/aromatic N) is 1. The van der Waals surface area contributed by atoms with Gasteiger partial charge in [-0.25, -0.2) is 0 Å². The largest absolute Gasteiger partial charge is 0.344 e. The fraction of sp³-hybridized carbons (Fsp3) is 0.600. The highest BCUT2D eigenvalue weighted by Crippen LogP contribution is 2.22. The Hall–Kier alpha value is -1.07. The van der Waals surface area contributed by atoms with Crippen molar-refractivity contribution in [3.05, 3.63) is 21.3 Å². The lowest BCUT2D eigenvalue weighted by molar-refractivity contribution is -0.134. The highest BCUT2D eigenvalue weighted by Gasteiger charge is 2.32. The van der Waals surface area contributed by atoms with Crippen LogP contribution >= 0.6 is 22.9 Å². The molecule has 2 atom stereocenters. The predicted octanol–water partition coefficient (Wildman–Crippen LogP) is 2.71. The fourth-order valence-corrected chi connectivity index (χ4v) is 3.50. The molecule has 2 rings (SSSR count). The van der Waals surface area contributed by atoms with Gasteiger partial charge in [-0.1, -0.05) is 31.9 Å².